The van der Waals surface area contributed by atoms with Gasteiger partial charge in [-0.2, -0.15) is 0 Å². The number of hydrogen-bond acceptors (Lipinski definition) is 3. The topological polar surface area (TPSA) is 55.9 Å². The first kappa shape index (κ1) is 20.9. The number of rotatable bonds is 6. The summed E-state index contributed by atoms with van der Waals surface area (Å²) in [6.07, 6.45) is 0. The molecule has 1 saturated heterocycles. The summed E-state index contributed by atoms with van der Waals surface area (Å²) in [5, 5.41) is 2.83. The van der Waals surface area contributed by atoms with Gasteiger partial charge in [-0.15, -0.1) is 0 Å². The van der Waals surface area contributed by atoms with Crippen molar-refractivity contribution in [2.75, 3.05) is 46.3 Å². The molecule has 3 amide bonds. The normalized spacial score (nSPS) is 14.7. The second-order valence-corrected chi connectivity index (χ2v) is 7.33. The van der Waals surface area contributed by atoms with Gasteiger partial charge in [0.25, 0.3) is 0 Å². The fourth-order valence-corrected chi connectivity index (χ4v) is 3.73. The van der Waals surface area contributed by atoms with Crippen LogP contribution < -0.4 is 5.32 Å². The zero-order chi connectivity index (χ0) is 20.6. The maximum absolute atomic E-state index is 13.1. The van der Waals surface area contributed by atoms with Crippen LogP contribution in [0.4, 0.5) is 4.79 Å². The second kappa shape index (κ2) is 10.1. The smallest absolute Gasteiger partial charge is 0.317 e. The summed E-state index contributed by atoms with van der Waals surface area (Å²) < 4.78 is 0. The van der Waals surface area contributed by atoms with Crippen LogP contribution in [0.2, 0.25) is 0 Å². The standard InChI is InChI=1S/C23H30N4O2/c1-3-24-23(29)27-16-14-26(15-17-27)18-21(28)25(2)22(19-10-6-4-7-11-19)20-12-8-5-9-13-20/h4-13,22H,3,14-18H2,1-2H3,(H,24,29). The van der Waals surface area contributed by atoms with E-state index < -0.39 is 0 Å². The Morgan fingerprint density at radius 1 is 0.931 bits per heavy atom. The fourth-order valence-electron chi connectivity index (χ4n) is 3.73. The molecule has 154 valence electrons. The molecule has 0 aromatic heterocycles. The van der Waals surface area contributed by atoms with Crippen LogP contribution in [0.5, 0.6) is 0 Å². The molecule has 1 aliphatic heterocycles. The first-order valence-corrected chi connectivity index (χ1v) is 10.2. The van der Waals surface area contributed by atoms with Crippen LogP contribution >= 0.6 is 0 Å². The number of urea groups is 1. The molecule has 2 aromatic carbocycles. The Morgan fingerprint density at radius 2 is 1.45 bits per heavy atom. The Labute approximate surface area is 173 Å². The van der Waals surface area contributed by atoms with Gasteiger partial charge >= 0.3 is 6.03 Å². The molecule has 0 spiro atoms. The van der Waals surface area contributed by atoms with Crippen molar-refractivity contribution in [2.24, 2.45) is 0 Å². The number of hydrogen-bond donors (Lipinski definition) is 1. The van der Waals surface area contributed by atoms with Crippen LogP contribution in [-0.4, -0.2) is 73.0 Å². The third kappa shape index (κ3) is 5.35. The minimum atomic E-state index is -0.124. The minimum Gasteiger partial charge on any atom is -0.338 e. The van der Waals surface area contributed by atoms with Gasteiger partial charge in [0.2, 0.25) is 5.91 Å². The molecule has 1 heterocycles. The molecule has 0 radical (unpaired) electrons. The van der Waals surface area contributed by atoms with E-state index in [9.17, 15) is 9.59 Å². The van der Waals surface area contributed by atoms with Crippen molar-refractivity contribution in [2.45, 2.75) is 13.0 Å². The lowest BCUT2D eigenvalue weighted by Crippen LogP contribution is -2.53. The number of carbonyl (C=O) groups excluding carboxylic acids is 2. The van der Waals surface area contributed by atoms with Crippen LogP contribution in [0, 0.1) is 0 Å². The summed E-state index contributed by atoms with van der Waals surface area (Å²) in [4.78, 5) is 30.8. The summed E-state index contributed by atoms with van der Waals surface area (Å²) in [6, 6.07) is 20.1. The van der Waals surface area contributed by atoms with Crippen molar-refractivity contribution in [3.63, 3.8) is 0 Å². The van der Waals surface area contributed by atoms with Crippen LogP contribution in [0.15, 0.2) is 60.7 Å². The highest BCUT2D eigenvalue weighted by Crippen LogP contribution is 2.27. The largest absolute Gasteiger partial charge is 0.338 e. The summed E-state index contributed by atoms with van der Waals surface area (Å²) in [5.74, 6) is 0.0779. The molecule has 6 nitrogen and oxygen atoms in total. The summed E-state index contributed by atoms with van der Waals surface area (Å²) in [5.41, 5.74) is 2.19. The van der Waals surface area contributed by atoms with E-state index in [4.69, 9.17) is 0 Å². The molecule has 3 rings (SSSR count). The molecule has 1 aliphatic rings. The molecule has 1 N–H and O–H groups in total. The van der Waals surface area contributed by atoms with Crippen LogP contribution in [-0.2, 0) is 4.79 Å². The maximum Gasteiger partial charge on any atom is 0.317 e. The molecule has 0 bridgehead atoms. The van der Waals surface area contributed by atoms with Crippen molar-refractivity contribution in [3.05, 3.63) is 71.8 Å². The molecule has 6 heteroatoms. The van der Waals surface area contributed by atoms with E-state index in [0.29, 0.717) is 39.3 Å². The lowest BCUT2D eigenvalue weighted by Gasteiger charge is -2.36. The molecule has 2 aromatic rings. The van der Waals surface area contributed by atoms with Gasteiger partial charge < -0.3 is 15.1 Å². The van der Waals surface area contributed by atoms with E-state index in [1.165, 1.54) is 0 Å². The van der Waals surface area contributed by atoms with Crippen molar-refractivity contribution in [1.82, 2.24) is 20.0 Å². The number of nitrogens with one attached hydrogen (secondary N) is 1. The van der Waals surface area contributed by atoms with E-state index in [0.717, 1.165) is 11.1 Å². The molecule has 0 saturated carbocycles. The van der Waals surface area contributed by atoms with E-state index in [1.807, 2.05) is 60.2 Å². The number of likely N-dealkylation sites (N-methyl/N-ethyl adjacent to an activating group) is 1. The number of carbonyl (C=O) groups is 2. The van der Waals surface area contributed by atoms with Crippen molar-refractivity contribution >= 4 is 11.9 Å². The molecule has 1 fully saturated rings. The highest BCUT2D eigenvalue weighted by molar-refractivity contribution is 5.79. The average Bonchev–Trinajstić information content (AvgIpc) is 2.76. The van der Waals surface area contributed by atoms with Gasteiger partial charge in [0.1, 0.15) is 0 Å². The number of amides is 3. The second-order valence-electron chi connectivity index (χ2n) is 7.33. The number of nitrogens with zero attached hydrogens (tertiary/aromatic N) is 3. The fraction of sp³-hybridized carbons (Fsp3) is 0.391. The predicted octanol–water partition coefficient (Wildman–Crippen LogP) is 2.58. The maximum atomic E-state index is 13.1. The molecule has 0 atom stereocenters. The van der Waals surface area contributed by atoms with Gasteiger partial charge in [0.15, 0.2) is 0 Å². The Bertz CT molecular complexity index is 750. The van der Waals surface area contributed by atoms with Crippen molar-refractivity contribution in [3.8, 4) is 0 Å². The van der Waals surface area contributed by atoms with E-state index in [2.05, 4.69) is 34.5 Å². The molecule has 29 heavy (non-hydrogen) atoms. The van der Waals surface area contributed by atoms with Gasteiger partial charge in [0.05, 0.1) is 12.6 Å². The average molecular weight is 395 g/mol. The number of benzene rings is 2. The highest BCUT2D eigenvalue weighted by Gasteiger charge is 2.27. The van der Waals surface area contributed by atoms with E-state index in [1.54, 1.807) is 0 Å². The molecule has 0 unspecified atom stereocenters. The summed E-state index contributed by atoms with van der Waals surface area (Å²) >= 11 is 0. The van der Waals surface area contributed by atoms with Crippen molar-refractivity contribution in [1.29, 1.82) is 0 Å². The van der Waals surface area contributed by atoms with Gasteiger partial charge in [0, 0.05) is 39.8 Å². The Morgan fingerprint density at radius 3 is 1.93 bits per heavy atom. The van der Waals surface area contributed by atoms with E-state index >= 15 is 0 Å². The zero-order valence-electron chi connectivity index (χ0n) is 17.3. The quantitative estimate of drug-likeness (QED) is 0.819. The third-order valence-corrected chi connectivity index (χ3v) is 5.36. The Balaban J connectivity index is 1.65. The summed E-state index contributed by atoms with van der Waals surface area (Å²) in [6.45, 7) is 5.60. The van der Waals surface area contributed by atoms with Crippen LogP contribution in [0.25, 0.3) is 0 Å². The monoisotopic (exact) mass is 394 g/mol. The molecule has 0 aliphatic carbocycles. The lowest BCUT2D eigenvalue weighted by molar-refractivity contribution is -0.133. The van der Waals surface area contributed by atoms with Crippen molar-refractivity contribution < 1.29 is 9.59 Å². The van der Waals surface area contributed by atoms with E-state index in [-0.39, 0.29) is 18.0 Å². The first-order valence-electron chi connectivity index (χ1n) is 10.2. The first-order chi connectivity index (χ1) is 14.1. The third-order valence-electron chi connectivity index (χ3n) is 5.36. The molecular formula is C23H30N4O2. The number of piperazine rings is 1. The summed E-state index contributed by atoms with van der Waals surface area (Å²) in [7, 11) is 1.87. The minimum absolute atomic E-state index is 0.0242. The van der Waals surface area contributed by atoms with Gasteiger partial charge in [-0.25, -0.2) is 4.79 Å². The van der Waals surface area contributed by atoms with Gasteiger partial charge in [-0.1, -0.05) is 60.7 Å². The highest BCUT2D eigenvalue weighted by atomic mass is 16.2. The van der Waals surface area contributed by atoms with Crippen LogP contribution in [0.3, 0.4) is 0 Å². The SMILES string of the molecule is CCNC(=O)N1CCN(CC(=O)N(C)C(c2ccccc2)c2ccccc2)CC1. The Kier molecular flexibility index (Phi) is 7.25. The van der Waals surface area contributed by atoms with Gasteiger partial charge in [-0.3, -0.25) is 9.69 Å². The van der Waals surface area contributed by atoms with Gasteiger partial charge in [-0.05, 0) is 18.1 Å². The lowest BCUT2D eigenvalue weighted by atomic mass is 9.97. The zero-order valence-corrected chi connectivity index (χ0v) is 17.3. The Hall–Kier alpha value is -2.86. The van der Waals surface area contributed by atoms with Crippen LogP contribution in [0.1, 0.15) is 24.1 Å². The predicted molar refractivity (Wildman–Crippen MR) is 115 cm³/mol. The molecular weight excluding hydrogens is 364 g/mol.